The lowest BCUT2D eigenvalue weighted by Crippen LogP contribution is -1.99. The van der Waals surface area contributed by atoms with E-state index in [1.165, 1.54) is 12.1 Å². The third kappa shape index (κ3) is 1.99. The number of aromatic carboxylic acids is 1. The molecule has 0 aliphatic carbocycles. The molecule has 1 aromatic rings. The van der Waals surface area contributed by atoms with Crippen molar-refractivity contribution in [1.29, 1.82) is 0 Å². The molecule has 0 amide bonds. The number of hydrogen-bond donors (Lipinski definition) is 1. The predicted molar refractivity (Wildman–Crippen MR) is 45.7 cm³/mol. The summed E-state index contributed by atoms with van der Waals surface area (Å²) in [5.41, 5.74) is 0.212. The van der Waals surface area contributed by atoms with Crippen LogP contribution in [0.5, 0.6) is 0 Å². The third-order valence-electron chi connectivity index (χ3n) is 1.43. The molecular formula is C8H8O3S. The van der Waals surface area contributed by atoms with Crippen LogP contribution in [0.15, 0.2) is 29.2 Å². The van der Waals surface area contributed by atoms with Gasteiger partial charge in [-0.1, -0.05) is 0 Å². The lowest BCUT2D eigenvalue weighted by atomic mass is 10.2. The Morgan fingerprint density at radius 1 is 1.42 bits per heavy atom. The Labute approximate surface area is 73.2 Å². The minimum Gasteiger partial charge on any atom is -0.612 e. The molecule has 3 nitrogen and oxygen atoms in total. The van der Waals surface area contributed by atoms with E-state index < -0.39 is 17.1 Å². The second-order valence-corrected chi connectivity index (χ2v) is 3.66. The molecule has 1 unspecified atom stereocenters. The van der Waals surface area contributed by atoms with Crippen LogP contribution < -0.4 is 0 Å². The van der Waals surface area contributed by atoms with Crippen molar-refractivity contribution in [1.82, 2.24) is 0 Å². The molecule has 4 heteroatoms. The van der Waals surface area contributed by atoms with Crippen molar-refractivity contribution in [3.05, 3.63) is 29.8 Å². The fourth-order valence-corrected chi connectivity index (χ4v) is 1.31. The monoisotopic (exact) mass is 184 g/mol. The van der Waals surface area contributed by atoms with Gasteiger partial charge in [-0.05, 0) is 35.4 Å². The molecule has 0 heterocycles. The number of carboxylic acids is 1. The van der Waals surface area contributed by atoms with Crippen LogP contribution >= 0.6 is 0 Å². The van der Waals surface area contributed by atoms with Gasteiger partial charge in [-0.3, -0.25) is 0 Å². The fourth-order valence-electron chi connectivity index (χ4n) is 0.789. The summed E-state index contributed by atoms with van der Waals surface area (Å²) in [6, 6.07) is 6.00. The average molecular weight is 184 g/mol. The second kappa shape index (κ2) is 3.60. The number of hydrogen-bond acceptors (Lipinski definition) is 2. The molecular weight excluding hydrogens is 176 g/mol. The number of rotatable bonds is 2. The van der Waals surface area contributed by atoms with Crippen LogP contribution in [0.3, 0.4) is 0 Å². The van der Waals surface area contributed by atoms with Crippen LogP contribution in [-0.4, -0.2) is 21.9 Å². The van der Waals surface area contributed by atoms with Crippen molar-refractivity contribution >= 4 is 17.1 Å². The topological polar surface area (TPSA) is 60.4 Å². The molecule has 64 valence electrons. The van der Waals surface area contributed by atoms with E-state index in [1.54, 1.807) is 18.4 Å². The van der Waals surface area contributed by atoms with Crippen molar-refractivity contribution in [3.63, 3.8) is 0 Å². The molecule has 0 saturated carbocycles. The van der Waals surface area contributed by atoms with E-state index in [1.807, 2.05) is 0 Å². The Hall–Kier alpha value is -1.00. The van der Waals surface area contributed by atoms with Crippen molar-refractivity contribution < 1.29 is 14.5 Å². The van der Waals surface area contributed by atoms with Crippen LogP contribution in [0, 0.1) is 0 Å². The first-order chi connectivity index (χ1) is 5.61. The van der Waals surface area contributed by atoms with Crippen LogP contribution in [-0.2, 0) is 11.2 Å². The Morgan fingerprint density at radius 3 is 2.25 bits per heavy atom. The fraction of sp³-hybridized carbons (Fsp3) is 0.125. The number of carbonyl (C=O) groups is 1. The molecule has 1 atom stereocenters. The molecule has 0 saturated heterocycles. The molecule has 1 rings (SSSR count). The zero-order valence-electron chi connectivity index (χ0n) is 6.48. The van der Waals surface area contributed by atoms with Crippen LogP contribution in [0.1, 0.15) is 10.4 Å². The molecule has 1 N–H and O–H groups in total. The Bertz CT molecular complexity index is 279. The zero-order valence-corrected chi connectivity index (χ0v) is 7.30. The van der Waals surface area contributed by atoms with Crippen LogP contribution in [0.2, 0.25) is 0 Å². The van der Waals surface area contributed by atoms with E-state index in [4.69, 9.17) is 5.11 Å². The summed E-state index contributed by atoms with van der Waals surface area (Å²) >= 11 is -1.04. The highest BCUT2D eigenvalue weighted by Gasteiger charge is 2.06. The van der Waals surface area contributed by atoms with E-state index in [2.05, 4.69) is 0 Å². The first kappa shape index (κ1) is 9.09. The van der Waals surface area contributed by atoms with Gasteiger partial charge in [0.2, 0.25) is 0 Å². The second-order valence-electron chi connectivity index (χ2n) is 2.28. The van der Waals surface area contributed by atoms with Crippen LogP contribution in [0.4, 0.5) is 0 Å². The Balaban J connectivity index is 2.93. The number of carboxylic acid groups (broad SMARTS) is 1. The van der Waals surface area contributed by atoms with Gasteiger partial charge in [0, 0.05) is 0 Å². The maximum absolute atomic E-state index is 10.9. The zero-order chi connectivity index (χ0) is 9.14. The summed E-state index contributed by atoms with van der Waals surface area (Å²) in [5, 5.41) is 8.54. The molecule has 0 spiro atoms. The molecule has 0 aliphatic heterocycles. The average Bonchev–Trinajstić information content (AvgIpc) is 2.04. The van der Waals surface area contributed by atoms with Crippen molar-refractivity contribution in [3.8, 4) is 0 Å². The molecule has 1 aromatic carbocycles. The summed E-state index contributed by atoms with van der Waals surface area (Å²) in [5.74, 6) is -0.969. The smallest absolute Gasteiger partial charge is 0.335 e. The van der Waals surface area contributed by atoms with Crippen molar-refractivity contribution in [2.24, 2.45) is 0 Å². The standard InChI is InChI=1S/C8H8O3S/c1-12(11)7-4-2-6(3-5-7)8(9)10/h2-5H,1H3,(H,9,10). The van der Waals surface area contributed by atoms with Gasteiger partial charge in [0.1, 0.15) is 6.26 Å². The van der Waals surface area contributed by atoms with E-state index in [0.29, 0.717) is 4.90 Å². The summed E-state index contributed by atoms with van der Waals surface area (Å²) in [6.45, 7) is 0. The minimum absolute atomic E-state index is 0.212. The number of benzene rings is 1. The summed E-state index contributed by atoms with van der Waals surface area (Å²) in [4.78, 5) is 11.0. The quantitative estimate of drug-likeness (QED) is 0.701. The maximum Gasteiger partial charge on any atom is 0.335 e. The van der Waals surface area contributed by atoms with E-state index >= 15 is 0 Å². The lowest BCUT2D eigenvalue weighted by Gasteiger charge is -2.02. The third-order valence-corrected chi connectivity index (χ3v) is 2.37. The SMILES string of the molecule is C[S+]([O-])c1ccc(C(=O)O)cc1. The normalized spacial score (nSPS) is 12.5. The van der Waals surface area contributed by atoms with E-state index in [9.17, 15) is 9.35 Å². The van der Waals surface area contributed by atoms with E-state index in [-0.39, 0.29) is 5.56 Å². The maximum atomic E-state index is 10.9. The predicted octanol–water partition coefficient (Wildman–Crippen LogP) is 1.12. The van der Waals surface area contributed by atoms with Gasteiger partial charge >= 0.3 is 5.97 Å². The van der Waals surface area contributed by atoms with E-state index in [0.717, 1.165) is 0 Å². The van der Waals surface area contributed by atoms with Gasteiger partial charge in [-0.15, -0.1) is 0 Å². The molecule has 12 heavy (non-hydrogen) atoms. The summed E-state index contributed by atoms with van der Waals surface area (Å²) < 4.78 is 10.9. The van der Waals surface area contributed by atoms with Gasteiger partial charge in [-0.2, -0.15) is 0 Å². The molecule has 0 fully saturated rings. The van der Waals surface area contributed by atoms with Gasteiger partial charge < -0.3 is 9.66 Å². The molecule has 0 radical (unpaired) electrons. The van der Waals surface area contributed by atoms with Crippen molar-refractivity contribution in [2.75, 3.05) is 6.26 Å². The molecule has 0 aromatic heterocycles. The van der Waals surface area contributed by atoms with Crippen molar-refractivity contribution in [2.45, 2.75) is 4.90 Å². The highest BCUT2D eigenvalue weighted by molar-refractivity contribution is 7.90. The largest absolute Gasteiger partial charge is 0.612 e. The Kier molecular flexibility index (Phi) is 2.73. The van der Waals surface area contributed by atoms with Gasteiger partial charge in [0.05, 0.1) is 5.56 Å². The molecule has 0 bridgehead atoms. The highest BCUT2D eigenvalue weighted by Crippen LogP contribution is 2.09. The molecule has 0 aliphatic rings. The Morgan fingerprint density at radius 2 is 1.92 bits per heavy atom. The highest BCUT2D eigenvalue weighted by atomic mass is 32.2. The van der Waals surface area contributed by atoms with Gasteiger partial charge in [0.25, 0.3) is 0 Å². The van der Waals surface area contributed by atoms with Gasteiger partial charge in [0.15, 0.2) is 4.90 Å². The first-order valence-electron chi connectivity index (χ1n) is 3.28. The van der Waals surface area contributed by atoms with Gasteiger partial charge in [-0.25, -0.2) is 4.79 Å². The minimum atomic E-state index is -1.04. The lowest BCUT2D eigenvalue weighted by molar-refractivity contribution is 0.0697. The summed E-state index contributed by atoms with van der Waals surface area (Å²) in [7, 11) is 0. The first-order valence-corrected chi connectivity index (χ1v) is 4.84. The van der Waals surface area contributed by atoms with Crippen LogP contribution in [0.25, 0.3) is 0 Å². The summed E-state index contributed by atoms with van der Waals surface area (Å²) in [6.07, 6.45) is 1.55.